The lowest BCUT2D eigenvalue weighted by molar-refractivity contribution is -0.384. The molecule has 0 unspecified atom stereocenters. The molecule has 3 aromatic rings. The van der Waals surface area contributed by atoms with E-state index in [1.807, 2.05) is 24.3 Å². The van der Waals surface area contributed by atoms with E-state index in [9.17, 15) is 10.1 Å². The van der Waals surface area contributed by atoms with Gasteiger partial charge in [0, 0.05) is 16.6 Å². The quantitative estimate of drug-likeness (QED) is 0.442. The molecule has 120 valence electrons. The zero-order chi connectivity index (χ0) is 17.1. The molecule has 24 heavy (non-hydrogen) atoms. The first-order valence-corrected chi connectivity index (χ1v) is 7.92. The maximum absolute atomic E-state index is 10.8. The number of nitrogens with zero attached hydrogens (tertiary/aromatic N) is 3. The number of halogens is 2. The van der Waals surface area contributed by atoms with Crippen molar-refractivity contribution >= 4 is 44.3 Å². The molecule has 0 aliphatic rings. The normalized spacial score (nSPS) is 11.5. The van der Waals surface area contributed by atoms with E-state index in [0.717, 1.165) is 10.0 Å². The van der Waals surface area contributed by atoms with Crippen LogP contribution in [0.3, 0.4) is 0 Å². The molecule has 1 heterocycles. The standard InChI is InChI=1S/C16H9BrClN3O3/c17-13-7-2-1-6-12(13)15-19-20-16(24-15)14(18)9-10-4-3-5-11(8-10)21(22)23/h1-9H/b14-9-. The highest BCUT2D eigenvalue weighted by Gasteiger charge is 2.14. The molecule has 6 nitrogen and oxygen atoms in total. The van der Waals surface area contributed by atoms with Crippen LogP contribution in [-0.4, -0.2) is 15.1 Å². The van der Waals surface area contributed by atoms with Gasteiger partial charge in [0.25, 0.3) is 11.6 Å². The molecule has 0 amide bonds. The highest BCUT2D eigenvalue weighted by atomic mass is 79.9. The van der Waals surface area contributed by atoms with E-state index >= 15 is 0 Å². The fourth-order valence-corrected chi connectivity index (χ4v) is 2.66. The largest absolute Gasteiger partial charge is 0.415 e. The fraction of sp³-hybridized carbons (Fsp3) is 0. The SMILES string of the molecule is O=[N+]([O-])c1cccc(/C=C(\Cl)c2nnc(-c3ccccc3Br)o2)c1. The number of rotatable bonds is 4. The van der Waals surface area contributed by atoms with Crippen molar-refractivity contribution in [2.45, 2.75) is 0 Å². The Morgan fingerprint density at radius 2 is 2.00 bits per heavy atom. The van der Waals surface area contributed by atoms with Gasteiger partial charge >= 0.3 is 0 Å². The number of nitro groups is 1. The predicted octanol–water partition coefficient (Wildman–Crippen LogP) is 5.14. The summed E-state index contributed by atoms with van der Waals surface area (Å²) in [7, 11) is 0. The molecule has 0 aliphatic carbocycles. The van der Waals surface area contributed by atoms with Crippen molar-refractivity contribution in [3.63, 3.8) is 0 Å². The van der Waals surface area contributed by atoms with Crippen molar-refractivity contribution in [3.05, 3.63) is 74.6 Å². The van der Waals surface area contributed by atoms with Crippen LogP contribution in [0.2, 0.25) is 0 Å². The van der Waals surface area contributed by atoms with Crippen molar-refractivity contribution in [1.29, 1.82) is 0 Å². The Morgan fingerprint density at radius 3 is 2.75 bits per heavy atom. The minimum Gasteiger partial charge on any atom is -0.415 e. The van der Waals surface area contributed by atoms with Gasteiger partial charge in [-0.05, 0) is 39.7 Å². The summed E-state index contributed by atoms with van der Waals surface area (Å²) in [5.41, 5.74) is 1.29. The monoisotopic (exact) mass is 405 g/mol. The number of hydrogen-bond acceptors (Lipinski definition) is 5. The molecule has 2 aromatic carbocycles. The summed E-state index contributed by atoms with van der Waals surface area (Å²) in [4.78, 5) is 10.3. The lowest BCUT2D eigenvalue weighted by atomic mass is 10.2. The van der Waals surface area contributed by atoms with Crippen LogP contribution in [0.25, 0.3) is 22.6 Å². The van der Waals surface area contributed by atoms with Crippen LogP contribution in [0.15, 0.2) is 57.4 Å². The molecule has 0 N–H and O–H groups in total. The van der Waals surface area contributed by atoms with Gasteiger partial charge in [0.05, 0.1) is 10.5 Å². The Kier molecular flexibility index (Phi) is 4.73. The molecule has 0 aliphatic heterocycles. The second-order valence-corrected chi connectivity index (χ2v) is 6.00. The average molecular weight is 407 g/mol. The first kappa shape index (κ1) is 16.4. The number of non-ortho nitro benzene ring substituents is 1. The van der Waals surface area contributed by atoms with Crippen LogP contribution in [0, 0.1) is 10.1 Å². The van der Waals surface area contributed by atoms with E-state index in [-0.39, 0.29) is 16.6 Å². The van der Waals surface area contributed by atoms with Crippen molar-refractivity contribution in [3.8, 4) is 11.5 Å². The Balaban J connectivity index is 1.91. The van der Waals surface area contributed by atoms with E-state index < -0.39 is 4.92 Å². The number of aromatic nitrogens is 2. The third-order valence-electron chi connectivity index (χ3n) is 3.11. The van der Waals surface area contributed by atoms with Crippen molar-refractivity contribution in [2.24, 2.45) is 0 Å². The van der Waals surface area contributed by atoms with Gasteiger partial charge < -0.3 is 4.42 Å². The van der Waals surface area contributed by atoms with Gasteiger partial charge in [-0.3, -0.25) is 10.1 Å². The Morgan fingerprint density at radius 1 is 1.21 bits per heavy atom. The van der Waals surface area contributed by atoms with Crippen LogP contribution >= 0.6 is 27.5 Å². The maximum atomic E-state index is 10.8. The molecule has 0 spiro atoms. The smallest absolute Gasteiger partial charge is 0.270 e. The van der Waals surface area contributed by atoms with Crippen LogP contribution in [-0.2, 0) is 0 Å². The lowest BCUT2D eigenvalue weighted by Gasteiger charge is -1.97. The summed E-state index contributed by atoms with van der Waals surface area (Å²) >= 11 is 9.61. The zero-order valence-corrected chi connectivity index (χ0v) is 14.4. The molecule has 0 fully saturated rings. The Labute approximate surface area is 150 Å². The van der Waals surface area contributed by atoms with Crippen LogP contribution in [0.4, 0.5) is 5.69 Å². The Hall–Kier alpha value is -2.51. The minimum absolute atomic E-state index is 0.0207. The minimum atomic E-state index is -0.469. The first-order valence-electron chi connectivity index (χ1n) is 6.75. The summed E-state index contributed by atoms with van der Waals surface area (Å²) in [6, 6.07) is 13.5. The van der Waals surface area contributed by atoms with Gasteiger partial charge in [0.1, 0.15) is 5.03 Å². The number of benzene rings is 2. The molecule has 0 saturated carbocycles. The second kappa shape index (κ2) is 6.94. The summed E-state index contributed by atoms with van der Waals surface area (Å²) < 4.78 is 6.39. The molecule has 0 radical (unpaired) electrons. The molecule has 1 aromatic heterocycles. The van der Waals surface area contributed by atoms with Crippen molar-refractivity contribution in [2.75, 3.05) is 0 Å². The van der Waals surface area contributed by atoms with E-state index in [2.05, 4.69) is 26.1 Å². The lowest BCUT2D eigenvalue weighted by Crippen LogP contribution is -1.87. The van der Waals surface area contributed by atoms with Crippen LogP contribution in [0.1, 0.15) is 11.5 Å². The molecule has 0 atom stereocenters. The molecule has 3 rings (SSSR count). The molecule has 0 saturated heterocycles. The van der Waals surface area contributed by atoms with E-state index in [1.165, 1.54) is 18.2 Å². The predicted molar refractivity (Wildman–Crippen MR) is 94.3 cm³/mol. The second-order valence-electron chi connectivity index (χ2n) is 4.74. The zero-order valence-electron chi connectivity index (χ0n) is 12.0. The highest BCUT2D eigenvalue weighted by molar-refractivity contribution is 9.10. The van der Waals surface area contributed by atoms with Crippen molar-refractivity contribution in [1.82, 2.24) is 10.2 Å². The van der Waals surface area contributed by atoms with Crippen LogP contribution in [0.5, 0.6) is 0 Å². The van der Waals surface area contributed by atoms with Crippen LogP contribution < -0.4 is 0 Å². The third kappa shape index (κ3) is 3.52. The Bertz CT molecular complexity index is 940. The first-order chi connectivity index (χ1) is 11.5. The number of hydrogen-bond donors (Lipinski definition) is 0. The molecular weight excluding hydrogens is 398 g/mol. The van der Waals surface area contributed by atoms with E-state index in [4.69, 9.17) is 16.0 Å². The van der Waals surface area contributed by atoms with E-state index in [0.29, 0.717) is 11.5 Å². The maximum Gasteiger partial charge on any atom is 0.270 e. The molecule has 8 heteroatoms. The van der Waals surface area contributed by atoms with Crippen molar-refractivity contribution < 1.29 is 9.34 Å². The van der Waals surface area contributed by atoms with Gasteiger partial charge in [-0.2, -0.15) is 0 Å². The van der Waals surface area contributed by atoms with Gasteiger partial charge in [-0.25, -0.2) is 0 Å². The van der Waals surface area contributed by atoms with Gasteiger partial charge in [-0.15, -0.1) is 10.2 Å². The van der Waals surface area contributed by atoms with E-state index in [1.54, 1.807) is 12.1 Å². The van der Waals surface area contributed by atoms with Gasteiger partial charge in [0.15, 0.2) is 0 Å². The summed E-state index contributed by atoms with van der Waals surface area (Å²) in [6.07, 6.45) is 1.53. The summed E-state index contributed by atoms with van der Waals surface area (Å²) in [5.74, 6) is 0.456. The average Bonchev–Trinajstić information content (AvgIpc) is 3.05. The number of nitro benzene ring substituents is 1. The third-order valence-corrected chi connectivity index (χ3v) is 4.07. The molecular formula is C16H9BrClN3O3. The summed E-state index contributed by atoms with van der Waals surface area (Å²) in [5, 5.41) is 18.9. The fourth-order valence-electron chi connectivity index (χ4n) is 2.00. The van der Waals surface area contributed by atoms with Gasteiger partial charge in [-0.1, -0.05) is 35.9 Å². The molecule has 0 bridgehead atoms. The summed E-state index contributed by atoms with van der Waals surface area (Å²) in [6.45, 7) is 0. The highest BCUT2D eigenvalue weighted by Crippen LogP contribution is 2.29. The van der Waals surface area contributed by atoms with Gasteiger partial charge in [0.2, 0.25) is 5.89 Å². The topological polar surface area (TPSA) is 82.1 Å².